The van der Waals surface area contributed by atoms with E-state index in [-0.39, 0.29) is 10.6 Å². The van der Waals surface area contributed by atoms with Crippen LogP contribution >= 0.6 is 11.8 Å². The lowest BCUT2D eigenvalue weighted by Gasteiger charge is -2.17. The van der Waals surface area contributed by atoms with Gasteiger partial charge in [0.2, 0.25) is 10.0 Å². The number of aromatic nitrogens is 2. The number of hydrogen-bond acceptors (Lipinski definition) is 6. The predicted octanol–water partition coefficient (Wildman–Crippen LogP) is 1.98. The second kappa shape index (κ2) is 9.98. The van der Waals surface area contributed by atoms with Gasteiger partial charge in [0, 0.05) is 12.7 Å². The molecule has 168 valence electrons. The summed E-state index contributed by atoms with van der Waals surface area (Å²) in [5.41, 5.74) is 6.47. The van der Waals surface area contributed by atoms with Crippen molar-refractivity contribution in [1.29, 1.82) is 0 Å². The largest absolute Gasteiger partial charge is 0.288 e. The van der Waals surface area contributed by atoms with Crippen molar-refractivity contribution in [2.45, 2.75) is 17.0 Å². The summed E-state index contributed by atoms with van der Waals surface area (Å²) in [5, 5.41) is 0.608. The van der Waals surface area contributed by atoms with Crippen LogP contribution in [0.15, 0.2) is 70.8 Å². The second-order valence-electron chi connectivity index (χ2n) is 6.88. The zero-order valence-corrected chi connectivity index (χ0v) is 19.4. The van der Waals surface area contributed by atoms with Gasteiger partial charge in [-0.2, -0.15) is 4.31 Å². The van der Waals surface area contributed by atoms with Crippen LogP contribution in [0.25, 0.3) is 5.69 Å². The molecule has 32 heavy (non-hydrogen) atoms. The van der Waals surface area contributed by atoms with Crippen molar-refractivity contribution in [3.63, 3.8) is 0 Å². The minimum atomic E-state index is -3.84. The molecule has 2 amide bonds. The molecule has 0 aliphatic carbocycles. The Kier molecular flexibility index (Phi) is 7.33. The number of hydrazine groups is 1. The zero-order chi connectivity index (χ0) is 23.3. The quantitative estimate of drug-likeness (QED) is 0.401. The number of rotatable bonds is 7. The highest BCUT2D eigenvalue weighted by Gasteiger charge is 2.23. The van der Waals surface area contributed by atoms with Gasteiger partial charge in [0.05, 0.1) is 17.6 Å². The first-order valence-corrected chi connectivity index (χ1v) is 12.2. The minimum absolute atomic E-state index is 0.0822. The third-order valence-corrected chi connectivity index (χ3v) is 7.04. The van der Waals surface area contributed by atoms with Crippen LogP contribution < -0.4 is 10.9 Å². The Labute approximate surface area is 190 Å². The number of amides is 2. The van der Waals surface area contributed by atoms with Crippen molar-refractivity contribution >= 4 is 33.6 Å². The van der Waals surface area contributed by atoms with Gasteiger partial charge in [-0.1, -0.05) is 47.7 Å². The molecule has 0 saturated carbocycles. The first kappa shape index (κ1) is 23.5. The third kappa shape index (κ3) is 5.18. The molecule has 0 saturated heterocycles. The fourth-order valence-electron chi connectivity index (χ4n) is 2.87. The van der Waals surface area contributed by atoms with Crippen LogP contribution in [0.4, 0.5) is 0 Å². The van der Waals surface area contributed by atoms with Crippen molar-refractivity contribution in [3.05, 3.63) is 72.1 Å². The van der Waals surface area contributed by atoms with Crippen molar-refractivity contribution < 1.29 is 18.0 Å². The summed E-state index contributed by atoms with van der Waals surface area (Å²) in [7, 11) is -2.54. The number of benzene rings is 2. The van der Waals surface area contributed by atoms with Crippen LogP contribution in [0.2, 0.25) is 0 Å². The van der Waals surface area contributed by atoms with E-state index in [0.717, 1.165) is 15.6 Å². The topological polar surface area (TPSA) is 113 Å². The molecule has 2 aromatic carbocycles. The molecule has 0 radical (unpaired) electrons. The van der Waals surface area contributed by atoms with Gasteiger partial charge in [0.25, 0.3) is 11.8 Å². The first-order valence-electron chi connectivity index (χ1n) is 9.53. The predicted molar refractivity (Wildman–Crippen MR) is 122 cm³/mol. The lowest BCUT2D eigenvalue weighted by Crippen LogP contribution is -2.47. The third-order valence-electron chi connectivity index (χ3n) is 4.57. The van der Waals surface area contributed by atoms with Crippen LogP contribution in [-0.2, 0) is 14.8 Å². The molecular weight excluding hydrogens is 450 g/mol. The van der Waals surface area contributed by atoms with Gasteiger partial charge >= 0.3 is 0 Å². The van der Waals surface area contributed by atoms with Crippen molar-refractivity contribution in [3.8, 4) is 5.69 Å². The van der Waals surface area contributed by atoms with Crippen molar-refractivity contribution in [1.82, 2.24) is 24.7 Å². The summed E-state index contributed by atoms with van der Waals surface area (Å²) < 4.78 is 27.8. The van der Waals surface area contributed by atoms with Crippen LogP contribution in [0.3, 0.4) is 0 Å². The van der Waals surface area contributed by atoms with E-state index in [9.17, 15) is 18.0 Å². The van der Waals surface area contributed by atoms with Gasteiger partial charge in [0.1, 0.15) is 5.69 Å². The second-order valence-corrected chi connectivity index (χ2v) is 9.70. The summed E-state index contributed by atoms with van der Waals surface area (Å²) in [6.07, 6.45) is 3.25. The van der Waals surface area contributed by atoms with Gasteiger partial charge in [0.15, 0.2) is 5.16 Å². The van der Waals surface area contributed by atoms with E-state index in [1.807, 2.05) is 43.5 Å². The maximum Gasteiger partial charge on any atom is 0.288 e. The Bertz CT molecular complexity index is 1210. The number of thioether (sulfide) groups is 1. The molecule has 3 aromatic rings. The van der Waals surface area contributed by atoms with Gasteiger partial charge in [-0.25, -0.2) is 13.4 Å². The zero-order valence-electron chi connectivity index (χ0n) is 17.8. The average Bonchev–Trinajstić information content (AvgIpc) is 3.22. The average molecular weight is 474 g/mol. The highest BCUT2D eigenvalue weighted by molar-refractivity contribution is 7.98. The summed E-state index contributed by atoms with van der Waals surface area (Å²) in [6, 6.07) is 15.5. The maximum absolute atomic E-state index is 12.7. The molecule has 0 aliphatic heterocycles. The van der Waals surface area contributed by atoms with Crippen LogP contribution in [0.1, 0.15) is 16.1 Å². The minimum Gasteiger partial charge on any atom is -0.283 e. The number of imidazole rings is 1. The van der Waals surface area contributed by atoms with Gasteiger partial charge in [-0.3, -0.25) is 25.0 Å². The fraction of sp³-hybridized carbons (Fsp3) is 0.190. The van der Waals surface area contributed by atoms with Crippen LogP contribution in [0, 0.1) is 6.92 Å². The molecular formula is C21H23N5O4S2. The summed E-state index contributed by atoms with van der Waals surface area (Å²) in [6.45, 7) is 1.38. The van der Waals surface area contributed by atoms with E-state index in [0.29, 0.717) is 5.16 Å². The van der Waals surface area contributed by atoms with Gasteiger partial charge in [-0.15, -0.1) is 0 Å². The smallest absolute Gasteiger partial charge is 0.283 e. The molecule has 0 unspecified atom stereocenters. The molecule has 0 atom stereocenters. The molecule has 3 rings (SSSR count). The summed E-state index contributed by atoms with van der Waals surface area (Å²) >= 11 is 1.37. The first-order chi connectivity index (χ1) is 15.2. The highest BCUT2D eigenvalue weighted by Crippen LogP contribution is 2.21. The Balaban J connectivity index is 1.66. The fourth-order valence-corrected chi connectivity index (χ4v) is 4.54. The summed E-state index contributed by atoms with van der Waals surface area (Å²) in [5.74, 6) is -1.27. The molecule has 0 fully saturated rings. The number of nitrogens with one attached hydrogen (secondary N) is 2. The van der Waals surface area contributed by atoms with E-state index in [1.165, 1.54) is 37.1 Å². The number of carbonyl (C=O) groups is 2. The molecule has 2 N–H and O–H groups in total. The van der Waals surface area contributed by atoms with E-state index >= 15 is 0 Å². The van der Waals surface area contributed by atoms with E-state index in [1.54, 1.807) is 16.7 Å². The molecule has 0 aliphatic rings. The lowest BCUT2D eigenvalue weighted by atomic mass is 10.2. The number of hydrogen-bond donors (Lipinski definition) is 2. The van der Waals surface area contributed by atoms with Crippen LogP contribution in [-0.4, -0.2) is 53.9 Å². The Morgan fingerprint density at radius 2 is 1.72 bits per heavy atom. The van der Waals surface area contributed by atoms with Gasteiger partial charge < -0.3 is 0 Å². The Hall–Kier alpha value is -3.15. The number of para-hydroxylation sites is 1. The number of nitrogens with zero attached hydrogens (tertiary/aromatic N) is 3. The highest BCUT2D eigenvalue weighted by atomic mass is 32.2. The molecule has 0 spiro atoms. The SMILES string of the molecule is CSc1ncc(C(=O)NNC(=O)CN(C)S(=O)(=O)c2ccc(C)cc2)n1-c1ccccc1. The molecule has 9 nitrogen and oxygen atoms in total. The van der Waals surface area contributed by atoms with Crippen molar-refractivity contribution in [2.24, 2.45) is 0 Å². The number of sulfonamides is 1. The lowest BCUT2D eigenvalue weighted by molar-refractivity contribution is -0.121. The Morgan fingerprint density at radius 3 is 2.34 bits per heavy atom. The number of carbonyl (C=O) groups excluding carboxylic acids is 2. The van der Waals surface area contributed by atoms with E-state index < -0.39 is 28.4 Å². The maximum atomic E-state index is 12.7. The standard InChI is InChI=1S/C21H23N5O4S2/c1-15-9-11-17(12-10-15)32(29,30)25(2)14-19(27)23-24-20(28)18-13-22-21(31-3)26(18)16-7-5-4-6-8-16/h4-13H,14H2,1-3H3,(H,23,27)(H,24,28). The number of aryl methyl sites for hydroxylation is 1. The molecule has 1 heterocycles. The van der Waals surface area contributed by atoms with Crippen molar-refractivity contribution in [2.75, 3.05) is 19.8 Å². The summed E-state index contributed by atoms with van der Waals surface area (Å²) in [4.78, 5) is 29.3. The normalized spacial score (nSPS) is 11.4. The number of likely N-dealkylation sites (N-methyl/N-ethyl adjacent to an activating group) is 1. The monoisotopic (exact) mass is 473 g/mol. The Morgan fingerprint density at radius 1 is 1.06 bits per heavy atom. The molecule has 1 aromatic heterocycles. The van der Waals surface area contributed by atoms with Gasteiger partial charge in [-0.05, 0) is 37.4 Å². The molecule has 11 heteroatoms. The van der Waals surface area contributed by atoms with Crippen LogP contribution in [0.5, 0.6) is 0 Å². The van der Waals surface area contributed by atoms with E-state index in [4.69, 9.17) is 0 Å². The molecule has 0 bridgehead atoms. The van der Waals surface area contributed by atoms with E-state index in [2.05, 4.69) is 15.8 Å².